The van der Waals surface area contributed by atoms with Crippen LogP contribution in [0.5, 0.6) is 0 Å². The Kier molecular flexibility index (Phi) is 7.75. The molecule has 0 spiro atoms. The van der Waals surface area contributed by atoms with Crippen molar-refractivity contribution in [2.75, 3.05) is 19.5 Å². The summed E-state index contributed by atoms with van der Waals surface area (Å²) in [5.74, 6) is 1.20. The highest BCUT2D eigenvalue weighted by atomic mass is 35.5. The van der Waals surface area contributed by atoms with Crippen LogP contribution in [-0.2, 0) is 17.8 Å². The van der Waals surface area contributed by atoms with Gasteiger partial charge in [-0.05, 0) is 57.5 Å². The lowest BCUT2D eigenvalue weighted by Gasteiger charge is -2.09. The number of carbonyl (C=O) groups is 1. The van der Waals surface area contributed by atoms with Crippen molar-refractivity contribution in [3.8, 4) is 11.4 Å². The Labute approximate surface area is 186 Å². The fourth-order valence-electron chi connectivity index (χ4n) is 3.50. The van der Waals surface area contributed by atoms with Crippen molar-refractivity contribution in [3.05, 3.63) is 52.3 Å². The maximum absolute atomic E-state index is 12.9. The molecule has 3 aromatic rings. The summed E-state index contributed by atoms with van der Waals surface area (Å²) in [6.07, 6.45) is 0.919. The third-order valence-electron chi connectivity index (χ3n) is 5.07. The molecule has 0 amide bonds. The SMILES string of the molecule is CCn1c(SCC(=O)c2cc(C)n(CCCOC)c2C)nnc1-c1ccc(Cl)cc1. The standard InChI is InChI=1S/C22H27ClN4O2S/c1-5-26-21(17-7-9-18(23)10-8-17)24-25-22(26)30-14-20(28)19-13-15(2)27(16(19)3)11-6-12-29-4/h7-10,13H,5-6,11-12,14H2,1-4H3. The second-order valence-electron chi connectivity index (χ2n) is 7.05. The highest BCUT2D eigenvalue weighted by Gasteiger charge is 2.18. The predicted octanol–water partition coefficient (Wildman–Crippen LogP) is 5.05. The quantitative estimate of drug-likeness (QED) is 0.248. The molecule has 0 fully saturated rings. The second-order valence-corrected chi connectivity index (χ2v) is 8.43. The Hall–Kier alpha value is -2.09. The van der Waals surface area contributed by atoms with E-state index in [9.17, 15) is 4.79 Å². The molecule has 0 aliphatic heterocycles. The summed E-state index contributed by atoms with van der Waals surface area (Å²) in [5.41, 5.74) is 3.83. The van der Waals surface area contributed by atoms with Crippen LogP contribution in [0, 0.1) is 13.8 Å². The highest BCUT2D eigenvalue weighted by molar-refractivity contribution is 7.99. The van der Waals surface area contributed by atoms with Gasteiger partial charge in [0.25, 0.3) is 0 Å². The number of benzene rings is 1. The van der Waals surface area contributed by atoms with Crippen molar-refractivity contribution >= 4 is 29.1 Å². The molecule has 30 heavy (non-hydrogen) atoms. The zero-order valence-corrected chi connectivity index (χ0v) is 19.4. The van der Waals surface area contributed by atoms with Gasteiger partial charge in [0, 0.05) is 54.3 Å². The third-order valence-corrected chi connectivity index (χ3v) is 6.29. The molecule has 0 N–H and O–H groups in total. The number of hydrogen-bond acceptors (Lipinski definition) is 5. The van der Waals surface area contributed by atoms with E-state index in [1.54, 1.807) is 7.11 Å². The van der Waals surface area contributed by atoms with Crippen LogP contribution in [0.3, 0.4) is 0 Å². The fraction of sp³-hybridized carbons (Fsp3) is 0.409. The summed E-state index contributed by atoms with van der Waals surface area (Å²) in [7, 11) is 1.70. The van der Waals surface area contributed by atoms with E-state index in [0.29, 0.717) is 17.4 Å². The first-order valence-electron chi connectivity index (χ1n) is 9.97. The largest absolute Gasteiger partial charge is 0.385 e. The Balaban J connectivity index is 1.72. The molecule has 0 bridgehead atoms. The number of Topliss-reactive ketones (excluding diaryl/α,β-unsaturated/α-hetero) is 1. The van der Waals surface area contributed by atoms with Gasteiger partial charge in [-0.15, -0.1) is 10.2 Å². The number of thioether (sulfide) groups is 1. The van der Waals surface area contributed by atoms with Crippen LogP contribution < -0.4 is 0 Å². The topological polar surface area (TPSA) is 61.9 Å². The van der Waals surface area contributed by atoms with E-state index in [1.165, 1.54) is 11.8 Å². The number of ketones is 1. The zero-order chi connectivity index (χ0) is 21.7. The lowest BCUT2D eigenvalue weighted by atomic mass is 10.2. The molecule has 0 radical (unpaired) electrons. The van der Waals surface area contributed by atoms with Crippen molar-refractivity contribution in [1.29, 1.82) is 0 Å². The summed E-state index contributed by atoms with van der Waals surface area (Å²) in [5, 5.41) is 10.1. The average Bonchev–Trinajstić information content (AvgIpc) is 3.28. The lowest BCUT2D eigenvalue weighted by molar-refractivity contribution is 0.102. The lowest BCUT2D eigenvalue weighted by Crippen LogP contribution is -2.09. The van der Waals surface area contributed by atoms with Gasteiger partial charge < -0.3 is 13.9 Å². The van der Waals surface area contributed by atoms with Crippen molar-refractivity contribution in [2.45, 2.75) is 45.4 Å². The maximum atomic E-state index is 12.9. The number of methoxy groups -OCH3 is 1. The number of rotatable bonds is 10. The van der Waals surface area contributed by atoms with Gasteiger partial charge in [0.05, 0.1) is 5.75 Å². The van der Waals surface area contributed by atoms with Crippen molar-refractivity contribution < 1.29 is 9.53 Å². The molecular weight excluding hydrogens is 420 g/mol. The van der Waals surface area contributed by atoms with Crippen LogP contribution in [0.1, 0.15) is 35.1 Å². The summed E-state index contributed by atoms with van der Waals surface area (Å²) >= 11 is 7.41. The molecule has 6 nitrogen and oxygen atoms in total. The number of hydrogen-bond donors (Lipinski definition) is 0. The van der Waals surface area contributed by atoms with Crippen molar-refractivity contribution in [1.82, 2.24) is 19.3 Å². The highest BCUT2D eigenvalue weighted by Crippen LogP contribution is 2.26. The number of nitrogens with zero attached hydrogens (tertiary/aromatic N) is 4. The first-order chi connectivity index (χ1) is 14.5. The Morgan fingerprint density at radius 3 is 2.57 bits per heavy atom. The van der Waals surface area contributed by atoms with Gasteiger partial charge in [-0.25, -0.2) is 0 Å². The third kappa shape index (κ3) is 4.96. The molecule has 0 atom stereocenters. The van der Waals surface area contributed by atoms with Crippen LogP contribution in [0.25, 0.3) is 11.4 Å². The molecule has 0 aliphatic carbocycles. The van der Waals surface area contributed by atoms with E-state index in [4.69, 9.17) is 16.3 Å². The first kappa shape index (κ1) is 22.6. The average molecular weight is 447 g/mol. The number of ether oxygens (including phenoxy) is 1. The van der Waals surface area contributed by atoms with E-state index in [2.05, 4.69) is 14.8 Å². The van der Waals surface area contributed by atoms with E-state index in [-0.39, 0.29) is 5.78 Å². The van der Waals surface area contributed by atoms with Gasteiger partial charge in [-0.2, -0.15) is 0 Å². The minimum Gasteiger partial charge on any atom is -0.385 e. The minimum absolute atomic E-state index is 0.102. The van der Waals surface area contributed by atoms with E-state index >= 15 is 0 Å². The first-order valence-corrected chi connectivity index (χ1v) is 11.3. The molecule has 160 valence electrons. The van der Waals surface area contributed by atoms with E-state index in [0.717, 1.165) is 53.0 Å². The van der Waals surface area contributed by atoms with Gasteiger partial charge in [0.15, 0.2) is 16.8 Å². The number of aryl methyl sites for hydroxylation is 1. The molecule has 0 aliphatic rings. The maximum Gasteiger partial charge on any atom is 0.191 e. The molecule has 1 aromatic carbocycles. The molecule has 8 heteroatoms. The van der Waals surface area contributed by atoms with Gasteiger partial charge in [-0.3, -0.25) is 4.79 Å². The molecular formula is C22H27ClN4O2S. The van der Waals surface area contributed by atoms with Gasteiger partial charge in [0.1, 0.15) is 0 Å². The summed E-state index contributed by atoms with van der Waals surface area (Å²) in [4.78, 5) is 12.9. The van der Waals surface area contributed by atoms with Crippen LogP contribution in [-0.4, -0.2) is 44.6 Å². The Morgan fingerprint density at radius 2 is 1.90 bits per heavy atom. The summed E-state index contributed by atoms with van der Waals surface area (Å²) in [6.45, 7) is 8.36. The number of aromatic nitrogens is 4. The monoisotopic (exact) mass is 446 g/mol. The second kappa shape index (κ2) is 10.3. The Bertz CT molecular complexity index is 1010. The van der Waals surface area contributed by atoms with E-state index < -0.39 is 0 Å². The van der Waals surface area contributed by atoms with E-state index in [1.807, 2.05) is 55.7 Å². The summed E-state index contributed by atoms with van der Waals surface area (Å²) in [6, 6.07) is 9.51. The normalized spacial score (nSPS) is 11.2. The van der Waals surface area contributed by atoms with Gasteiger partial charge in [0.2, 0.25) is 0 Å². The van der Waals surface area contributed by atoms with Gasteiger partial charge in [-0.1, -0.05) is 23.4 Å². The van der Waals surface area contributed by atoms with Crippen LogP contribution >= 0.6 is 23.4 Å². The van der Waals surface area contributed by atoms with Crippen LogP contribution in [0.4, 0.5) is 0 Å². The smallest absolute Gasteiger partial charge is 0.191 e. The number of carbonyl (C=O) groups excluding carboxylic acids is 1. The molecule has 0 saturated heterocycles. The number of halogens is 1. The van der Waals surface area contributed by atoms with Crippen LogP contribution in [0.2, 0.25) is 5.02 Å². The van der Waals surface area contributed by atoms with Crippen LogP contribution in [0.15, 0.2) is 35.5 Å². The molecule has 2 heterocycles. The zero-order valence-electron chi connectivity index (χ0n) is 17.8. The molecule has 3 rings (SSSR count). The minimum atomic E-state index is 0.102. The molecule has 0 saturated carbocycles. The molecule has 0 unspecified atom stereocenters. The predicted molar refractivity (Wildman–Crippen MR) is 122 cm³/mol. The molecule has 2 aromatic heterocycles. The summed E-state index contributed by atoms with van der Waals surface area (Å²) < 4.78 is 9.35. The van der Waals surface area contributed by atoms with Crippen molar-refractivity contribution in [3.63, 3.8) is 0 Å². The van der Waals surface area contributed by atoms with Gasteiger partial charge >= 0.3 is 0 Å². The Morgan fingerprint density at radius 1 is 1.17 bits per heavy atom. The van der Waals surface area contributed by atoms with Crippen molar-refractivity contribution in [2.24, 2.45) is 0 Å². The fourth-order valence-corrected chi connectivity index (χ4v) is 4.51.